The molecule has 0 aromatic heterocycles. The van der Waals surface area contributed by atoms with E-state index in [2.05, 4.69) is 6.92 Å². The summed E-state index contributed by atoms with van der Waals surface area (Å²) in [5, 5.41) is 12.0. The van der Waals surface area contributed by atoms with E-state index in [1.165, 1.54) is 0 Å². The second kappa shape index (κ2) is 6.02. The maximum atomic E-state index is 12.7. The van der Waals surface area contributed by atoms with Gasteiger partial charge in [0, 0.05) is 11.1 Å². The van der Waals surface area contributed by atoms with E-state index in [4.69, 9.17) is 0 Å². The molecule has 0 spiro atoms. The number of rotatable bonds is 4. The van der Waals surface area contributed by atoms with Gasteiger partial charge in [-0.1, -0.05) is 49.7 Å². The Balaban J connectivity index is 2.00. The molecular formula is C20H18O2. The molecule has 0 aliphatic carbocycles. The summed E-state index contributed by atoms with van der Waals surface area (Å²) in [5.74, 6) is 0.250. The Labute approximate surface area is 130 Å². The summed E-state index contributed by atoms with van der Waals surface area (Å²) in [6.45, 7) is 2.05. The summed E-state index contributed by atoms with van der Waals surface area (Å²) >= 11 is 0. The number of hydrogen-bond acceptors (Lipinski definition) is 2. The van der Waals surface area contributed by atoms with Crippen molar-refractivity contribution < 1.29 is 9.90 Å². The van der Waals surface area contributed by atoms with Gasteiger partial charge in [0.2, 0.25) is 0 Å². The van der Waals surface area contributed by atoms with Gasteiger partial charge >= 0.3 is 0 Å². The van der Waals surface area contributed by atoms with Gasteiger partial charge in [-0.25, -0.2) is 0 Å². The number of hydrogen-bond donors (Lipinski definition) is 1. The molecule has 3 aromatic rings. The lowest BCUT2D eigenvalue weighted by Gasteiger charge is -2.07. The third kappa shape index (κ3) is 2.73. The fourth-order valence-electron chi connectivity index (χ4n) is 2.69. The van der Waals surface area contributed by atoms with Crippen molar-refractivity contribution in [1.82, 2.24) is 0 Å². The molecule has 0 aliphatic rings. The molecule has 2 nitrogen and oxygen atoms in total. The normalized spacial score (nSPS) is 10.8. The van der Waals surface area contributed by atoms with Crippen LogP contribution in [-0.2, 0) is 6.42 Å². The Bertz CT molecular complexity index is 834. The molecule has 0 aliphatic heterocycles. The number of benzene rings is 3. The summed E-state index contributed by atoms with van der Waals surface area (Å²) in [7, 11) is 0. The average molecular weight is 290 g/mol. The molecule has 0 amide bonds. The second-order valence-corrected chi connectivity index (χ2v) is 5.48. The first-order chi connectivity index (χ1) is 10.7. The Morgan fingerprint density at radius 2 is 1.59 bits per heavy atom. The van der Waals surface area contributed by atoms with E-state index < -0.39 is 0 Å². The zero-order valence-electron chi connectivity index (χ0n) is 12.5. The van der Waals surface area contributed by atoms with Gasteiger partial charge in [-0.05, 0) is 47.0 Å². The smallest absolute Gasteiger partial charge is 0.193 e. The number of aromatic hydroxyl groups is 1. The predicted molar refractivity (Wildman–Crippen MR) is 89.5 cm³/mol. The molecule has 22 heavy (non-hydrogen) atoms. The molecule has 0 bridgehead atoms. The van der Waals surface area contributed by atoms with Crippen molar-refractivity contribution >= 4 is 16.6 Å². The fourth-order valence-corrected chi connectivity index (χ4v) is 2.69. The Morgan fingerprint density at radius 3 is 2.36 bits per heavy atom. The van der Waals surface area contributed by atoms with Gasteiger partial charge in [0.1, 0.15) is 5.75 Å². The van der Waals surface area contributed by atoms with Crippen LogP contribution in [0.25, 0.3) is 10.8 Å². The van der Waals surface area contributed by atoms with E-state index in [1.807, 2.05) is 42.5 Å². The quantitative estimate of drug-likeness (QED) is 0.705. The van der Waals surface area contributed by atoms with Crippen LogP contribution in [0.5, 0.6) is 5.75 Å². The van der Waals surface area contributed by atoms with Gasteiger partial charge in [-0.3, -0.25) is 4.79 Å². The van der Waals surface area contributed by atoms with E-state index in [1.54, 1.807) is 18.2 Å². The first kappa shape index (κ1) is 14.3. The second-order valence-electron chi connectivity index (χ2n) is 5.48. The first-order valence-electron chi connectivity index (χ1n) is 7.54. The van der Waals surface area contributed by atoms with E-state index >= 15 is 0 Å². The number of phenolic OH excluding ortho intramolecular Hbond substituents is 1. The molecule has 0 heterocycles. The van der Waals surface area contributed by atoms with Gasteiger partial charge in [0.15, 0.2) is 5.78 Å². The van der Waals surface area contributed by atoms with Crippen LogP contribution >= 0.6 is 0 Å². The van der Waals surface area contributed by atoms with Crippen LogP contribution in [0.3, 0.4) is 0 Å². The Morgan fingerprint density at radius 1 is 0.909 bits per heavy atom. The summed E-state index contributed by atoms with van der Waals surface area (Å²) in [5.41, 5.74) is 2.12. The molecule has 2 heteroatoms. The van der Waals surface area contributed by atoms with E-state index in [0.717, 1.165) is 29.2 Å². The molecule has 3 rings (SSSR count). The third-order valence-corrected chi connectivity index (χ3v) is 3.87. The third-order valence-electron chi connectivity index (χ3n) is 3.87. The van der Waals surface area contributed by atoms with Crippen LogP contribution in [0.15, 0.2) is 60.7 Å². The molecule has 0 saturated carbocycles. The van der Waals surface area contributed by atoms with Crippen LogP contribution in [0.1, 0.15) is 34.8 Å². The molecule has 0 atom stereocenters. The van der Waals surface area contributed by atoms with Crippen LogP contribution in [0.4, 0.5) is 0 Å². The lowest BCUT2D eigenvalue weighted by atomic mass is 9.97. The lowest BCUT2D eigenvalue weighted by Crippen LogP contribution is -2.02. The summed E-state index contributed by atoms with van der Waals surface area (Å²) in [6, 6.07) is 18.8. The van der Waals surface area contributed by atoms with Crippen molar-refractivity contribution in [2.75, 3.05) is 0 Å². The van der Waals surface area contributed by atoms with E-state index in [0.29, 0.717) is 11.1 Å². The van der Waals surface area contributed by atoms with Crippen LogP contribution < -0.4 is 0 Å². The first-order valence-corrected chi connectivity index (χ1v) is 7.54. The van der Waals surface area contributed by atoms with Crippen molar-refractivity contribution in [3.63, 3.8) is 0 Å². The molecule has 0 unspecified atom stereocenters. The van der Waals surface area contributed by atoms with Crippen LogP contribution in [0, 0.1) is 0 Å². The maximum absolute atomic E-state index is 12.7. The van der Waals surface area contributed by atoms with Crippen molar-refractivity contribution in [3.8, 4) is 5.75 Å². The van der Waals surface area contributed by atoms with Crippen molar-refractivity contribution in [2.45, 2.75) is 19.8 Å². The van der Waals surface area contributed by atoms with Crippen molar-refractivity contribution in [3.05, 3.63) is 77.4 Å². The van der Waals surface area contributed by atoms with E-state index in [-0.39, 0.29) is 11.5 Å². The van der Waals surface area contributed by atoms with Crippen LogP contribution in [-0.4, -0.2) is 10.9 Å². The van der Waals surface area contributed by atoms with Gasteiger partial charge in [-0.15, -0.1) is 0 Å². The summed E-state index contributed by atoms with van der Waals surface area (Å²) in [4.78, 5) is 12.7. The minimum atomic E-state index is -0.0110. The zero-order chi connectivity index (χ0) is 15.5. The monoisotopic (exact) mass is 290 g/mol. The van der Waals surface area contributed by atoms with Gasteiger partial charge in [0.05, 0.1) is 0 Å². The highest BCUT2D eigenvalue weighted by molar-refractivity contribution is 6.10. The van der Waals surface area contributed by atoms with Gasteiger partial charge in [0.25, 0.3) is 0 Å². The topological polar surface area (TPSA) is 37.3 Å². The molecular weight excluding hydrogens is 272 g/mol. The van der Waals surface area contributed by atoms with Crippen molar-refractivity contribution in [2.24, 2.45) is 0 Å². The van der Waals surface area contributed by atoms with Crippen molar-refractivity contribution in [1.29, 1.82) is 0 Å². The Kier molecular flexibility index (Phi) is 3.92. The van der Waals surface area contributed by atoms with Gasteiger partial charge < -0.3 is 5.11 Å². The van der Waals surface area contributed by atoms with Crippen LogP contribution in [0.2, 0.25) is 0 Å². The highest BCUT2D eigenvalue weighted by Gasteiger charge is 2.12. The average Bonchev–Trinajstić information content (AvgIpc) is 2.56. The highest BCUT2D eigenvalue weighted by atomic mass is 16.3. The number of aryl methyl sites for hydroxylation is 1. The number of fused-ring (bicyclic) bond motifs is 1. The molecule has 0 radical (unpaired) electrons. The highest BCUT2D eigenvalue weighted by Crippen LogP contribution is 2.23. The lowest BCUT2D eigenvalue weighted by molar-refractivity contribution is 0.103. The molecule has 1 N–H and O–H groups in total. The molecule has 110 valence electrons. The zero-order valence-corrected chi connectivity index (χ0v) is 12.5. The standard InChI is InChI=1S/C20H18O2/c1-2-5-16-13-18(10-11-19(16)21)20(22)17-9-8-14-6-3-4-7-15(14)12-17/h3-4,6-13,21H,2,5H2,1H3. The SMILES string of the molecule is CCCc1cc(C(=O)c2ccc3ccccc3c2)ccc1O. The number of phenols is 1. The number of ketones is 1. The van der Waals surface area contributed by atoms with Gasteiger partial charge in [-0.2, -0.15) is 0 Å². The maximum Gasteiger partial charge on any atom is 0.193 e. The number of carbonyl (C=O) groups is 1. The summed E-state index contributed by atoms with van der Waals surface area (Å²) in [6.07, 6.45) is 1.70. The fraction of sp³-hybridized carbons (Fsp3) is 0.150. The largest absolute Gasteiger partial charge is 0.508 e. The Hall–Kier alpha value is -2.61. The number of carbonyl (C=O) groups excluding carboxylic acids is 1. The minimum Gasteiger partial charge on any atom is -0.508 e. The molecule has 3 aromatic carbocycles. The minimum absolute atomic E-state index is 0.0110. The van der Waals surface area contributed by atoms with E-state index in [9.17, 15) is 9.90 Å². The summed E-state index contributed by atoms with van der Waals surface area (Å²) < 4.78 is 0. The predicted octanol–water partition coefficient (Wildman–Crippen LogP) is 4.73. The molecule has 0 saturated heterocycles. The molecule has 0 fully saturated rings.